The van der Waals surface area contributed by atoms with Crippen LogP contribution in [0.4, 0.5) is 8.78 Å². The fourth-order valence-electron chi connectivity index (χ4n) is 4.36. The molecule has 9 heteroatoms. The molecule has 1 saturated heterocycles. The van der Waals surface area contributed by atoms with Crippen molar-refractivity contribution in [2.24, 2.45) is 0 Å². The molecule has 1 atom stereocenters. The Bertz CT molecular complexity index is 1310. The Balaban J connectivity index is 1.46. The summed E-state index contributed by atoms with van der Waals surface area (Å²) < 4.78 is 33.1. The minimum absolute atomic E-state index is 0.136. The SMILES string of the molecule is O=c1[nH]cnc(CC(CNCCCF)c2ccc(C#Cc3ccc(CN4CCOCC4)cc3)cc2F)c1O. The lowest BCUT2D eigenvalue weighted by Gasteiger charge is -2.26. The summed E-state index contributed by atoms with van der Waals surface area (Å²) >= 11 is 0. The van der Waals surface area contributed by atoms with Crippen molar-refractivity contribution in [2.75, 3.05) is 46.1 Å². The third kappa shape index (κ3) is 7.71. The first kappa shape index (κ1) is 27.5. The van der Waals surface area contributed by atoms with Crippen LogP contribution in [0.2, 0.25) is 0 Å². The maximum atomic E-state index is 15.2. The molecule has 0 spiro atoms. The van der Waals surface area contributed by atoms with E-state index in [1.54, 1.807) is 12.1 Å². The maximum Gasteiger partial charge on any atom is 0.293 e. The van der Waals surface area contributed by atoms with Gasteiger partial charge in [0, 0.05) is 49.6 Å². The first-order valence-electron chi connectivity index (χ1n) is 12.8. The summed E-state index contributed by atoms with van der Waals surface area (Å²) in [6.45, 7) is 4.56. The third-order valence-electron chi connectivity index (χ3n) is 6.48. The maximum absolute atomic E-state index is 15.2. The molecular weight excluding hydrogens is 490 g/mol. The zero-order valence-corrected chi connectivity index (χ0v) is 21.2. The molecule has 4 rings (SSSR count). The van der Waals surface area contributed by atoms with Crippen molar-refractivity contribution >= 4 is 0 Å². The van der Waals surface area contributed by atoms with Crippen LogP contribution in [0.15, 0.2) is 53.6 Å². The van der Waals surface area contributed by atoms with Crippen molar-refractivity contribution in [3.8, 4) is 17.6 Å². The van der Waals surface area contributed by atoms with E-state index in [9.17, 15) is 14.3 Å². The summed E-state index contributed by atoms with van der Waals surface area (Å²) in [5.41, 5.74) is 2.50. The van der Waals surface area contributed by atoms with E-state index in [1.807, 2.05) is 12.1 Å². The molecular formula is C29H32F2N4O3. The number of rotatable bonds is 10. The molecule has 0 saturated carbocycles. The number of alkyl halides is 1. The number of aromatic amines is 1. The molecule has 3 aromatic rings. The fourth-order valence-corrected chi connectivity index (χ4v) is 4.36. The Morgan fingerprint density at radius 3 is 2.61 bits per heavy atom. The van der Waals surface area contributed by atoms with Crippen LogP contribution in [0.25, 0.3) is 0 Å². The zero-order chi connectivity index (χ0) is 26.7. The topological polar surface area (TPSA) is 90.5 Å². The van der Waals surface area contributed by atoms with E-state index < -0.39 is 29.7 Å². The number of benzene rings is 2. The van der Waals surface area contributed by atoms with E-state index in [-0.39, 0.29) is 12.1 Å². The minimum atomic E-state index is -0.653. The molecule has 2 aromatic carbocycles. The highest BCUT2D eigenvalue weighted by molar-refractivity contribution is 5.45. The number of ether oxygens (including phenoxy) is 1. The summed E-state index contributed by atoms with van der Waals surface area (Å²) in [6, 6.07) is 12.8. The molecule has 1 aromatic heterocycles. The van der Waals surface area contributed by atoms with E-state index in [2.05, 4.69) is 44.2 Å². The van der Waals surface area contributed by atoms with E-state index in [4.69, 9.17) is 4.74 Å². The van der Waals surface area contributed by atoms with Gasteiger partial charge in [-0.15, -0.1) is 0 Å². The first-order valence-corrected chi connectivity index (χ1v) is 12.8. The monoisotopic (exact) mass is 522 g/mol. The van der Waals surface area contributed by atoms with Crippen LogP contribution in [0.1, 0.15) is 40.3 Å². The smallest absolute Gasteiger partial charge is 0.293 e. The number of halogens is 2. The van der Waals surface area contributed by atoms with Gasteiger partial charge < -0.3 is 20.1 Å². The summed E-state index contributed by atoms with van der Waals surface area (Å²) in [5.74, 6) is 4.75. The average Bonchev–Trinajstić information content (AvgIpc) is 2.93. The molecule has 0 bridgehead atoms. The second kappa shape index (κ2) is 13.8. The van der Waals surface area contributed by atoms with Crippen molar-refractivity contribution < 1.29 is 18.6 Å². The quantitative estimate of drug-likeness (QED) is 0.280. The van der Waals surface area contributed by atoms with Gasteiger partial charge in [0.1, 0.15) is 5.82 Å². The standard InChI is InChI=1S/C29H32F2N4O3/c30-10-1-11-32-18-24(17-27-28(36)29(37)34-20-33-27)25-9-8-22(16-26(25)31)5-2-21-3-6-23(7-4-21)19-35-12-14-38-15-13-35/h3-4,6-9,16,20,24,32,36H,1,10-15,17-19H2,(H,33,34,37). The Morgan fingerprint density at radius 1 is 1.13 bits per heavy atom. The average molecular weight is 523 g/mol. The molecule has 2 heterocycles. The largest absolute Gasteiger partial charge is 0.502 e. The lowest BCUT2D eigenvalue weighted by Crippen LogP contribution is -2.35. The summed E-state index contributed by atoms with van der Waals surface area (Å²) in [7, 11) is 0. The number of hydrogen-bond donors (Lipinski definition) is 3. The van der Waals surface area contributed by atoms with Crippen molar-refractivity contribution in [1.29, 1.82) is 0 Å². The lowest BCUT2D eigenvalue weighted by atomic mass is 9.92. The summed E-state index contributed by atoms with van der Waals surface area (Å²) in [4.78, 5) is 20.5. The molecule has 1 aliphatic heterocycles. The highest BCUT2D eigenvalue weighted by Gasteiger charge is 2.20. The number of aromatic nitrogens is 2. The van der Waals surface area contributed by atoms with Gasteiger partial charge in [0.25, 0.3) is 5.56 Å². The molecule has 1 fully saturated rings. The Kier molecular flexibility index (Phi) is 9.98. The Labute approximate surface area is 220 Å². The molecule has 0 aliphatic carbocycles. The Hall–Kier alpha value is -3.58. The summed E-state index contributed by atoms with van der Waals surface area (Å²) in [5, 5.41) is 13.2. The number of nitrogens with one attached hydrogen (secondary N) is 2. The van der Waals surface area contributed by atoms with E-state index >= 15 is 4.39 Å². The summed E-state index contributed by atoms with van der Waals surface area (Å²) in [6.07, 6.45) is 1.68. The van der Waals surface area contributed by atoms with Gasteiger partial charge in [0.05, 0.1) is 31.9 Å². The highest BCUT2D eigenvalue weighted by atomic mass is 19.1. The van der Waals surface area contributed by atoms with Gasteiger partial charge in [-0.1, -0.05) is 30.0 Å². The first-order chi connectivity index (χ1) is 18.5. The van der Waals surface area contributed by atoms with Crippen LogP contribution in [-0.2, 0) is 17.7 Å². The number of nitrogens with zero attached hydrogens (tertiary/aromatic N) is 2. The second-order valence-electron chi connectivity index (χ2n) is 9.25. The van der Waals surface area contributed by atoms with Gasteiger partial charge >= 0.3 is 0 Å². The minimum Gasteiger partial charge on any atom is -0.502 e. The van der Waals surface area contributed by atoms with Crippen LogP contribution in [0.5, 0.6) is 5.75 Å². The lowest BCUT2D eigenvalue weighted by molar-refractivity contribution is 0.0342. The van der Waals surface area contributed by atoms with Crippen LogP contribution in [0.3, 0.4) is 0 Å². The molecule has 38 heavy (non-hydrogen) atoms. The zero-order valence-electron chi connectivity index (χ0n) is 21.2. The highest BCUT2D eigenvalue weighted by Crippen LogP contribution is 2.25. The number of H-pyrrole nitrogens is 1. The van der Waals surface area contributed by atoms with Gasteiger partial charge in [-0.25, -0.2) is 9.37 Å². The number of aromatic hydroxyl groups is 1. The predicted octanol–water partition coefficient (Wildman–Crippen LogP) is 3.12. The van der Waals surface area contributed by atoms with Crippen LogP contribution >= 0.6 is 0 Å². The van der Waals surface area contributed by atoms with E-state index in [1.165, 1.54) is 18.0 Å². The van der Waals surface area contributed by atoms with Crippen LogP contribution in [0, 0.1) is 17.7 Å². The fraction of sp³-hybridized carbons (Fsp3) is 0.379. The van der Waals surface area contributed by atoms with Gasteiger partial charge in [-0.2, -0.15) is 0 Å². The second-order valence-corrected chi connectivity index (χ2v) is 9.25. The number of hydrogen-bond acceptors (Lipinski definition) is 6. The van der Waals surface area contributed by atoms with Crippen molar-refractivity contribution in [3.63, 3.8) is 0 Å². The third-order valence-corrected chi connectivity index (χ3v) is 6.48. The van der Waals surface area contributed by atoms with Gasteiger partial charge in [-0.05, 0) is 48.4 Å². The molecule has 0 amide bonds. The molecule has 1 aliphatic rings. The van der Waals surface area contributed by atoms with Crippen LogP contribution < -0.4 is 10.9 Å². The van der Waals surface area contributed by atoms with Gasteiger partial charge in [-0.3, -0.25) is 14.1 Å². The Morgan fingerprint density at radius 2 is 1.87 bits per heavy atom. The van der Waals surface area contributed by atoms with Crippen molar-refractivity contribution in [2.45, 2.75) is 25.3 Å². The van der Waals surface area contributed by atoms with E-state index in [0.717, 1.165) is 38.4 Å². The van der Waals surface area contributed by atoms with Crippen LogP contribution in [-0.4, -0.2) is 66.0 Å². The molecule has 3 N–H and O–H groups in total. The molecule has 0 radical (unpaired) electrons. The van der Waals surface area contributed by atoms with Crippen molar-refractivity contribution in [3.05, 3.63) is 92.9 Å². The normalized spacial score (nSPS) is 14.6. The van der Waals surface area contributed by atoms with E-state index in [0.29, 0.717) is 30.6 Å². The van der Waals surface area contributed by atoms with Crippen molar-refractivity contribution in [1.82, 2.24) is 20.2 Å². The van der Waals surface area contributed by atoms with Gasteiger partial charge in [0.15, 0.2) is 0 Å². The van der Waals surface area contributed by atoms with Gasteiger partial charge in [0.2, 0.25) is 5.75 Å². The molecule has 200 valence electrons. The predicted molar refractivity (Wildman–Crippen MR) is 141 cm³/mol. The number of morpholine rings is 1. The molecule has 7 nitrogen and oxygen atoms in total. The molecule has 1 unspecified atom stereocenters.